The van der Waals surface area contributed by atoms with Crippen LogP contribution in [0.5, 0.6) is 0 Å². The lowest BCUT2D eigenvalue weighted by Gasteiger charge is -2.33. The molecule has 0 unspecified atom stereocenters. The van der Waals surface area contributed by atoms with Crippen molar-refractivity contribution >= 4 is 29.4 Å². The predicted octanol–water partition coefficient (Wildman–Crippen LogP) is 3.60. The number of carbonyl (C=O) groups excluding carboxylic acids is 2. The molecule has 1 aliphatic carbocycles. The van der Waals surface area contributed by atoms with Crippen LogP contribution < -0.4 is 10.6 Å². The van der Waals surface area contributed by atoms with Gasteiger partial charge in [-0.3, -0.25) is 9.89 Å². The summed E-state index contributed by atoms with van der Waals surface area (Å²) in [5, 5.41) is 13.4. The van der Waals surface area contributed by atoms with Gasteiger partial charge < -0.3 is 20.1 Å². The number of anilines is 1. The van der Waals surface area contributed by atoms with Gasteiger partial charge in [-0.05, 0) is 43.4 Å². The molecule has 0 spiro atoms. The number of nitrogens with one attached hydrogen (secondary N) is 3. The van der Waals surface area contributed by atoms with Crippen molar-refractivity contribution in [1.82, 2.24) is 15.5 Å². The average Bonchev–Trinajstić information content (AvgIpc) is 3.17. The number of amides is 2. The molecule has 3 N–H and O–H groups in total. The van der Waals surface area contributed by atoms with E-state index in [0.717, 1.165) is 24.1 Å². The van der Waals surface area contributed by atoms with Gasteiger partial charge in [0.05, 0.1) is 5.69 Å². The van der Waals surface area contributed by atoms with Crippen LogP contribution in [0.15, 0.2) is 30.3 Å². The third kappa shape index (κ3) is 5.31. The quantitative estimate of drug-likeness (QED) is 0.646. The minimum atomic E-state index is -0.440. The first-order chi connectivity index (χ1) is 14.6. The van der Waals surface area contributed by atoms with E-state index in [2.05, 4.69) is 20.8 Å². The zero-order valence-corrected chi connectivity index (χ0v) is 17.3. The van der Waals surface area contributed by atoms with Crippen LogP contribution in [0.4, 0.5) is 10.6 Å². The van der Waals surface area contributed by atoms with Crippen molar-refractivity contribution in [2.75, 3.05) is 18.5 Å². The maximum absolute atomic E-state index is 12.3. The van der Waals surface area contributed by atoms with Crippen molar-refractivity contribution in [1.29, 1.82) is 0 Å². The third-order valence-electron chi connectivity index (χ3n) is 5.56. The average molecular weight is 433 g/mol. The van der Waals surface area contributed by atoms with Crippen LogP contribution in [0.25, 0.3) is 0 Å². The van der Waals surface area contributed by atoms with Crippen molar-refractivity contribution in [3.8, 4) is 0 Å². The van der Waals surface area contributed by atoms with Gasteiger partial charge in [-0.1, -0.05) is 23.7 Å². The molecular weight excluding hydrogens is 408 g/mol. The van der Waals surface area contributed by atoms with Crippen LogP contribution in [0.1, 0.15) is 42.9 Å². The summed E-state index contributed by atoms with van der Waals surface area (Å²) in [6.45, 7) is 1.62. The molecule has 160 valence electrons. The van der Waals surface area contributed by atoms with Gasteiger partial charge in [0.2, 0.25) is 5.91 Å². The number of halogens is 1. The summed E-state index contributed by atoms with van der Waals surface area (Å²) in [6, 6.07) is 9.18. The van der Waals surface area contributed by atoms with Gasteiger partial charge in [0.25, 0.3) is 0 Å². The molecule has 9 heteroatoms. The van der Waals surface area contributed by atoms with E-state index in [9.17, 15) is 9.59 Å². The highest BCUT2D eigenvalue weighted by Gasteiger charge is 2.35. The van der Waals surface area contributed by atoms with Crippen LogP contribution in [0.3, 0.4) is 0 Å². The highest BCUT2D eigenvalue weighted by atomic mass is 35.5. The standard InChI is InChI=1S/C21H25ClN4O4/c22-16-3-1-2-13(8-16)12-23-21(28)30-17-9-15(10-17)18-11-19(26-25-18)24-20(27)14-4-6-29-7-5-14/h1-3,8,11,14-15,17H,4-7,9-10,12H2,(H,23,28)(H2,24,25,26,27)/t15-,17+. The second kappa shape index (κ2) is 9.49. The monoisotopic (exact) mass is 432 g/mol. The Kier molecular flexibility index (Phi) is 6.54. The molecule has 8 nitrogen and oxygen atoms in total. The molecule has 2 heterocycles. The fourth-order valence-corrected chi connectivity index (χ4v) is 3.94. The number of carbonyl (C=O) groups is 2. The van der Waals surface area contributed by atoms with E-state index in [1.807, 2.05) is 18.2 Å². The van der Waals surface area contributed by atoms with Crippen molar-refractivity contribution in [2.45, 2.75) is 44.2 Å². The predicted molar refractivity (Wildman–Crippen MR) is 111 cm³/mol. The molecule has 30 heavy (non-hydrogen) atoms. The molecule has 1 saturated carbocycles. The second-order valence-electron chi connectivity index (χ2n) is 7.76. The third-order valence-corrected chi connectivity index (χ3v) is 5.80. The zero-order chi connectivity index (χ0) is 20.9. The highest BCUT2D eigenvalue weighted by Crippen LogP contribution is 2.38. The number of alkyl carbamates (subject to hydrolysis) is 1. The topological polar surface area (TPSA) is 105 Å². The van der Waals surface area contributed by atoms with Crippen LogP contribution in [0, 0.1) is 5.92 Å². The molecule has 1 aliphatic heterocycles. The normalized spacial score (nSPS) is 21.5. The summed E-state index contributed by atoms with van der Waals surface area (Å²) in [7, 11) is 0. The number of H-pyrrole nitrogens is 1. The fourth-order valence-electron chi connectivity index (χ4n) is 3.72. The lowest BCUT2D eigenvalue weighted by Crippen LogP contribution is -2.36. The Bertz CT molecular complexity index is 891. The van der Waals surface area contributed by atoms with Crippen molar-refractivity contribution in [2.24, 2.45) is 5.92 Å². The van der Waals surface area contributed by atoms with E-state index < -0.39 is 6.09 Å². The molecule has 1 aromatic heterocycles. The van der Waals surface area contributed by atoms with Gasteiger partial charge in [-0.15, -0.1) is 0 Å². The molecule has 1 saturated heterocycles. The Balaban J connectivity index is 1.18. The zero-order valence-electron chi connectivity index (χ0n) is 16.5. The Morgan fingerprint density at radius 3 is 2.80 bits per heavy atom. The number of aromatic nitrogens is 2. The van der Waals surface area contributed by atoms with E-state index in [-0.39, 0.29) is 23.8 Å². The summed E-state index contributed by atoms with van der Waals surface area (Å²) in [6.07, 6.45) is 2.34. The van der Waals surface area contributed by atoms with E-state index in [1.165, 1.54) is 0 Å². The first-order valence-corrected chi connectivity index (χ1v) is 10.6. The van der Waals surface area contributed by atoms with Gasteiger partial charge in [-0.25, -0.2) is 4.79 Å². The Morgan fingerprint density at radius 1 is 1.23 bits per heavy atom. The van der Waals surface area contributed by atoms with E-state index in [1.54, 1.807) is 12.1 Å². The number of rotatable bonds is 6. The van der Waals surface area contributed by atoms with Gasteiger partial charge in [0, 0.05) is 42.7 Å². The Hall–Kier alpha value is -2.58. The number of hydrogen-bond donors (Lipinski definition) is 3. The molecular formula is C21H25ClN4O4. The van der Waals surface area contributed by atoms with Gasteiger partial charge >= 0.3 is 6.09 Å². The number of ether oxygens (including phenoxy) is 2. The highest BCUT2D eigenvalue weighted by molar-refractivity contribution is 6.30. The molecule has 2 fully saturated rings. The minimum Gasteiger partial charge on any atom is -0.446 e. The maximum atomic E-state index is 12.3. The lowest BCUT2D eigenvalue weighted by atomic mass is 9.80. The molecule has 1 aromatic carbocycles. The molecule has 2 aliphatic rings. The lowest BCUT2D eigenvalue weighted by molar-refractivity contribution is -0.122. The summed E-state index contributed by atoms with van der Waals surface area (Å²) in [5.41, 5.74) is 1.79. The summed E-state index contributed by atoms with van der Waals surface area (Å²) >= 11 is 5.94. The van der Waals surface area contributed by atoms with E-state index >= 15 is 0 Å². The van der Waals surface area contributed by atoms with Crippen molar-refractivity contribution < 1.29 is 19.1 Å². The molecule has 0 bridgehead atoms. The van der Waals surface area contributed by atoms with Gasteiger partial charge in [0.15, 0.2) is 0 Å². The number of aromatic amines is 1. The molecule has 2 amide bonds. The minimum absolute atomic E-state index is 0.000283. The van der Waals surface area contributed by atoms with Crippen LogP contribution in [-0.4, -0.2) is 41.5 Å². The first-order valence-electron chi connectivity index (χ1n) is 10.2. The molecule has 0 atom stereocenters. The summed E-state index contributed by atoms with van der Waals surface area (Å²) in [5.74, 6) is 0.794. The largest absolute Gasteiger partial charge is 0.446 e. The van der Waals surface area contributed by atoms with Crippen molar-refractivity contribution in [3.63, 3.8) is 0 Å². The SMILES string of the molecule is O=C(NCc1cccc(Cl)c1)O[C@H]1C[C@@H](c2cc(NC(=O)C3CCOCC3)[nH]n2)C1. The van der Waals surface area contributed by atoms with Gasteiger partial charge in [-0.2, -0.15) is 5.10 Å². The van der Waals surface area contributed by atoms with Crippen LogP contribution in [-0.2, 0) is 20.8 Å². The van der Waals surface area contributed by atoms with Crippen LogP contribution >= 0.6 is 11.6 Å². The van der Waals surface area contributed by atoms with Crippen molar-refractivity contribution in [3.05, 3.63) is 46.6 Å². The Labute approximate surface area is 179 Å². The van der Waals surface area contributed by atoms with E-state index in [0.29, 0.717) is 43.4 Å². The number of hydrogen-bond acceptors (Lipinski definition) is 5. The maximum Gasteiger partial charge on any atom is 0.407 e. The fraction of sp³-hybridized carbons (Fsp3) is 0.476. The Morgan fingerprint density at radius 2 is 2.03 bits per heavy atom. The van der Waals surface area contributed by atoms with Gasteiger partial charge in [0.1, 0.15) is 11.9 Å². The number of nitrogens with zero attached hydrogens (tertiary/aromatic N) is 1. The summed E-state index contributed by atoms with van der Waals surface area (Å²) in [4.78, 5) is 24.3. The second-order valence-corrected chi connectivity index (χ2v) is 8.20. The smallest absolute Gasteiger partial charge is 0.407 e. The van der Waals surface area contributed by atoms with Crippen LogP contribution in [0.2, 0.25) is 5.02 Å². The molecule has 0 radical (unpaired) electrons. The number of benzene rings is 1. The molecule has 2 aromatic rings. The first kappa shape index (κ1) is 20.7. The van der Waals surface area contributed by atoms with E-state index in [4.69, 9.17) is 21.1 Å². The summed E-state index contributed by atoms with van der Waals surface area (Å²) < 4.78 is 10.7. The molecule has 4 rings (SSSR count).